The van der Waals surface area contributed by atoms with E-state index in [1.165, 1.54) is 6.08 Å². The Morgan fingerprint density at radius 1 is 1.27 bits per heavy atom. The highest BCUT2D eigenvalue weighted by Crippen LogP contribution is 2.22. The zero-order valence-electron chi connectivity index (χ0n) is 11.7. The highest BCUT2D eigenvalue weighted by molar-refractivity contribution is 9.11. The van der Waals surface area contributed by atoms with E-state index >= 15 is 0 Å². The maximum Gasteiger partial charge on any atom is 0.248 e. The summed E-state index contributed by atoms with van der Waals surface area (Å²) in [6.45, 7) is 0.500. The molecule has 4 nitrogen and oxygen atoms in total. The third-order valence-corrected chi connectivity index (χ3v) is 4.51. The Bertz CT molecular complexity index is 710. The zero-order valence-corrected chi connectivity index (χ0v) is 14.1. The van der Waals surface area contributed by atoms with E-state index in [0.717, 1.165) is 14.2 Å². The fourth-order valence-corrected chi connectivity index (χ4v) is 3.17. The van der Waals surface area contributed by atoms with Crippen molar-refractivity contribution in [3.63, 3.8) is 0 Å². The largest absolute Gasteiger partial charge is 0.366 e. The minimum absolute atomic E-state index is 0.143. The molecule has 22 heavy (non-hydrogen) atoms. The molecule has 0 aliphatic carbocycles. The molecule has 0 radical (unpaired) electrons. The number of benzene rings is 1. The summed E-state index contributed by atoms with van der Waals surface area (Å²) in [6, 6.07) is 11.0. The summed E-state index contributed by atoms with van der Waals surface area (Å²) < 4.78 is 1.03. The van der Waals surface area contributed by atoms with E-state index in [4.69, 9.17) is 5.73 Å². The molecule has 0 spiro atoms. The molecule has 1 heterocycles. The maximum absolute atomic E-state index is 11.7. The monoisotopic (exact) mass is 378 g/mol. The first-order chi connectivity index (χ1) is 10.5. The molecule has 0 atom stereocenters. The summed E-state index contributed by atoms with van der Waals surface area (Å²) in [7, 11) is 0. The minimum Gasteiger partial charge on any atom is -0.366 e. The minimum atomic E-state index is -0.448. The highest BCUT2D eigenvalue weighted by Gasteiger charge is 2.02. The number of primary amides is 1. The summed E-state index contributed by atoms with van der Waals surface area (Å²) >= 11 is 4.93. The molecule has 0 saturated heterocycles. The first kappa shape index (κ1) is 16.5. The number of hydrogen-bond acceptors (Lipinski definition) is 3. The van der Waals surface area contributed by atoms with E-state index in [9.17, 15) is 9.59 Å². The zero-order chi connectivity index (χ0) is 15.9. The fraction of sp³-hybridized carbons (Fsp3) is 0.125. The van der Waals surface area contributed by atoms with Crippen LogP contribution in [0, 0.1) is 0 Å². The van der Waals surface area contributed by atoms with Crippen molar-refractivity contribution in [2.24, 2.45) is 5.73 Å². The number of halogens is 1. The van der Waals surface area contributed by atoms with Crippen molar-refractivity contribution in [3.8, 4) is 0 Å². The lowest BCUT2D eigenvalue weighted by molar-refractivity contribution is -0.116. The van der Waals surface area contributed by atoms with Gasteiger partial charge in [-0.25, -0.2) is 0 Å². The lowest BCUT2D eigenvalue weighted by atomic mass is 10.1. The molecule has 114 valence electrons. The number of rotatable bonds is 6. The van der Waals surface area contributed by atoms with Crippen LogP contribution in [0.1, 0.15) is 20.8 Å². The molecule has 0 bridgehead atoms. The number of amides is 2. The lowest BCUT2D eigenvalue weighted by Crippen LogP contribution is -2.23. The van der Waals surface area contributed by atoms with Crippen LogP contribution in [0.2, 0.25) is 0 Å². The Morgan fingerprint density at radius 2 is 2.09 bits per heavy atom. The number of thiophene rings is 1. The van der Waals surface area contributed by atoms with Crippen LogP contribution in [0.25, 0.3) is 6.08 Å². The molecule has 6 heteroatoms. The second-order valence-corrected chi connectivity index (χ2v) is 7.08. The molecule has 0 fully saturated rings. The molecule has 1 aromatic carbocycles. The standard InChI is InChI=1S/C16H15BrN2O2S/c17-14-6-4-13(22-14)5-7-15(20)19-9-8-11-2-1-3-12(10-11)16(18)21/h1-7,10H,8-9H2,(H2,18,21)(H,19,20)/b7-5+. The van der Waals surface area contributed by atoms with Crippen LogP contribution in [-0.2, 0) is 11.2 Å². The van der Waals surface area contributed by atoms with E-state index in [-0.39, 0.29) is 5.91 Å². The van der Waals surface area contributed by atoms with Gasteiger partial charge in [0.15, 0.2) is 0 Å². The first-order valence-corrected chi connectivity index (χ1v) is 8.25. The topological polar surface area (TPSA) is 72.2 Å². The van der Waals surface area contributed by atoms with Crippen LogP contribution in [-0.4, -0.2) is 18.4 Å². The number of hydrogen-bond donors (Lipinski definition) is 2. The van der Waals surface area contributed by atoms with Gasteiger partial charge in [-0.15, -0.1) is 11.3 Å². The molecule has 2 aromatic rings. The Kier molecular flexibility index (Phi) is 5.91. The van der Waals surface area contributed by atoms with E-state index in [1.807, 2.05) is 18.2 Å². The second-order valence-electron chi connectivity index (χ2n) is 4.58. The summed E-state index contributed by atoms with van der Waals surface area (Å²) in [5.41, 5.74) is 6.68. The van der Waals surface area contributed by atoms with Gasteiger partial charge in [0, 0.05) is 23.1 Å². The van der Waals surface area contributed by atoms with Gasteiger partial charge in [-0.05, 0) is 58.3 Å². The Balaban J connectivity index is 1.80. The Morgan fingerprint density at radius 3 is 2.77 bits per heavy atom. The quantitative estimate of drug-likeness (QED) is 0.758. The second kappa shape index (κ2) is 7.91. The third-order valence-electron chi connectivity index (χ3n) is 2.92. The van der Waals surface area contributed by atoms with Crippen molar-refractivity contribution >= 4 is 45.2 Å². The normalized spacial score (nSPS) is 10.8. The van der Waals surface area contributed by atoms with E-state index < -0.39 is 5.91 Å². The van der Waals surface area contributed by atoms with Crippen LogP contribution in [0.15, 0.2) is 46.3 Å². The van der Waals surface area contributed by atoms with Crippen LogP contribution in [0.4, 0.5) is 0 Å². The van der Waals surface area contributed by atoms with Gasteiger partial charge in [0.25, 0.3) is 0 Å². The van der Waals surface area contributed by atoms with Gasteiger partial charge in [-0.1, -0.05) is 12.1 Å². The van der Waals surface area contributed by atoms with Crippen molar-refractivity contribution in [1.82, 2.24) is 5.32 Å². The molecule has 0 aliphatic rings. The van der Waals surface area contributed by atoms with Gasteiger partial charge in [0.05, 0.1) is 3.79 Å². The summed E-state index contributed by atoms with van der Waals surface area (Å²) in [5, 5.41) is 2.81. The summed E-state index contributed by atoms with van der Waals surface area (Å²) in [5.74, 6) is -0.591. The highest BCUT2D eigenvalue weighted by atomic mass is 79.9. The Hall–Kier alpha value is -1.92. The van der Waals surface area contributed by atoms with Crippen LogP contribution in [0.5, 0.6) is 0 Å². The summed E-state index contributed by atoms with van der Waals surface area (Å²) in [6.07, 6.45) is 3.93. The van der Waals surface area contributed by atoms with Crippen LogP contribution < -0.4 is 11.1 Å². The van der Waals surface area contributed by atoms with Crippen LogP contribution >= 0.6 is 27.3 Å². The molecule has 0 saturated carbocycles. The number of carbonyl (C=O) groups excluding carboxylic acids is 2. The maximum atomic E-state index is 11.7. The first-order valence-electron chi connectivity index (χ1n) is 6.64. The van der Waals surface area contributed by atoms with Gasteiger partial charge in [0.1, 0.15) is 0 Å². The van der Waals surface area contributed by atoms with Gasteiger partial charge in [-0.2, -0.15) is 0 Å². The van der Waals surface area contributed by atoms with Gasteiger partial charge in [0.2, 0.25) is 11.8 Å². The van der Waals surface area contributed by atoms with Gasteiger partial charge < -0.3 is 11.1 Å². The molecular formula is C16H15BrN2O2S. The van der Waals surface area contributed by atoms with Gasteiger partial charge in [-0.3, -0.25) is 9.59 Å². The fourth-order valence-electron chi connectivity index (χ4n) is 1.84. The van der Waals surface area contributed by atoms with E-state index in [0.29, 0.717) is 18.5 Å². The third kappa shape index (κ3) is 5.13. The molecule has 0 aliphatic heterocycles. The van der Waals surface area contributed by atoms with Crippen molar-refractivity contribution in [2.75, 3.05) is 6.54 Å². The molecule has 1 aromatic heterocycles. The summed E-state index contributed by atoms with van der Waals surface area (Å²) in [4.78, 5) is 23.8. The predicted octanol–water partition coefficient (Wildman–Crippen LogP) is 2.98. The molecule has 0 unspecified atom stereocenters. The molecule has 3 N–H and O–H groups in total. The van der Waals surface area contributed by atoms with Gasteiger partial charge >= 0.3 is 0 Å². The molecule has 2 rings (SSSR count). The van der Waals surface area contributed by atoms with Crippen molar-refractivity contribution in [1.29, 1.82) is 0 Å². The average molecular weight is 379 g/mol. The van der Waals surface area contributed by atoms with Crippen LogP contribution in [0.3, 0.4) is 0 Å². The van der Waals surface area contributed by atoms with Crippen molar-refractivity contribution < 1.29 is 9.59 Å². The average Bonchev–Trinajstić information content (AvgIpc) is 2.91. The van der Waals surface area contributed by atoms with Crippen molar-refractivity contribution in [2.45, 2.75) is 6.42 Å². The van der Waals surface area contributed by atoms with E-state index in [2.05, 4.69) is 21.2 Å². The number of nitrogens with one attached hydrogen (secondary N) is 1. The molecule has 2 amide bonds. The lowest BCUT2D eigenvalue weighted by Gasteiger charge is -2.04. The van der Waals surface area contributed by atoms with E-state index in [1.54, 1.807) is 35.6 Å². The van der Waals surface area contributed by atoms with Crippen molar-refractivity contribution in [3.05, 3.63) is 62.3 Å². The Labute approximate surface area is 141 Å². The molecular weight excluding hydrogens is 364 g/mol. The number of nitrogens with two attached hydrogens (primary N) is 1. The SMILES string of the molecule is NC(=O)c1cccc(CCNC(=O)/C=C/c2ccc(Br)s2)c1. The predicted molar refractivity (Wildman–Crippen MR) is 92.7 cm³/mol. The smallest absolute Gasteiger partial charge is 0.248 e. The number of carbonyl (C=O) groups is 2.